The number of benzene rings is 2. The molecule has 184 valence electrons. The largest absolute Gasteiger partial charge is 0.497 e. The maximum Gasteiger partial charge on any atom is 0.233 e. The molecule has 0 aliphatic heterocycles. The van der Waals surface area contributed by atoms with Crippen molar-refractivity contribution >= 4 is 17.7 Å². The molecule has 5 rings (SSSR count). The number of carbonyl (C=O) groups is 1. The third-order valence-electron chi connectivity index (χ3n) is 6.88. The van der Waals surface area contributed by atoms with Crippen LogP contribution < -0.4 is 4.74 Å². The third kappa shape index (κ3) is 5.53. The first-order valence-corrected chi connectivity index (χ1v) is 13.4. The van der Waals surface area contributed by atoms with E-state index in [-0.39, 0.29) is 23.5 Å². The summed E-state index contributed by atoms with van der Waals surface area (Å²) < 4.78 is 21.8. The zero-order valence-electron chi connectivity index (χ0n) is 20.0. The van der Waals surface area contributed by atoms with Crippen LogP contribution in [-0.2, 0) is 11.3 Å². The van der Waals surface area contributed by atoms with Crippen LogP contribution >= 0.6 is 11.8 Å². The number of ether oxygens (including phenoxy) is 1. The minimum Gasteiger partial charge on any atom is -0.497 e. The van der Waals surface area contributed by atoms with Gasteiger partial charge in [0.1, 0.15) is 11.6 Å². The molecule has 1 amide bonds. The van der Waals surface area contributed by atoms with Crippen LogP contribution in [0.2, 0.25) is 0 Å². The lowest BCUT2D eigenvalue weighted by Gasteiger charge is -2.26. The second-order valence-corrected chi connectivity index (χ2v) is 10.3. The fourth-order valence-corrected chi connectivity index (χ4v) is 5.70. The van der Waals surface area contributed by atoms with E-state index in [1.165, 1.54) is 37.1 Å². The van der Waals surface area contributed by atoms with Gasteiger partial charge in [0.05, 0.1) is 12.9 Å². The Hall–Kier alpha value is -2.87. The van der Waals surface area contributed by atoms with Crippen molar-refractivity contribution in [3.05, 3.63) is 59.9 Å². The molecule has 2 saturated carbocycles. The summed E-state index contributed by atoms with van der Waals surface area (Å²) in [5, 5.41) is 9.83. The Morgan fingerprint density at radius 1 is 1.06 bits per heavy atom. The number of methoxy groups -OCH3 is 1. The van der Waals surface area contributed by atoms with Gasteiger partial charge in [0, 0.05) is 29.8 Å². The first-order chi connectivity index (χ1) is 17.1. The molecule has 1 heterocycles. The van der Waals surface area contributed by atoms with E-state index in [9.17, 15) is 9.18 Å². The van der Waals surface area contributed by atoms with Crippen molar-refractivity contribution in [2.24, 2.45) is 0 Å². The molecule has 2 aliphatic rings. The fourth-order valence-electron chi connectivity index (χ4n) is 4.81. The van der Waals surface area contributed by atoms with Gasteiger partial charge in [0.25, 0.3) is 0 Å². The van der Waals surface area contributed by atoms with E-state index in [1.807, 2.05) is 35.2 Å². The van der Waals surface area contributed by atoms with Gasteiger partial charge in [-0.15, -0.1) is 10.2 Å². The predicted octanol–water partition coefficient (Wildman–Crippen LogP) is 5.88. The minimum absolute atomic E-state index is 0.0185. The Morgan fingerprint density at radius 2 is 1.80 bits per heavy atom. The second kappa shape index (κ2) is 10.8. The Bertz CT molecular complexity index is 1160. The summed E-state index contributed by atoms with van der Waals surface area (Å²) in [5.41, 5.74) is 1.55. The van der Waals surface area contributed by atoms with Crippen LogP contribution in [0.15, 0.2) is 53.7 Å². The summed E-state index contributed by atoms with van der Waals surface area (Å²) in [6, 6.07) is 15.1. The molecule has 0 atom stereocenters. The van der Waals surface area contributed by atoms with E-state index in [0.717, 1.165) is 48.0 Å². The van der Waals surface area contributed by atoms with Gasteiger partial charge in [0.2, 0.25) is 5.91 Å². The molecule has 1 aromatic heterocycles. The lowest BCUT2D eigenvalue weighted by molar-refractivity contribution is -0.129. The number of thioether (sulfide) groups is 1. The van der Waals surface area contributed by atoms with Crippen molar-refractivity contribution in [1.82, 2.24) is 19.7 Å². The summed E-state index contributed by atoms with van der Waals surface area (Å²) in [6.45, 7) is 0.309. The van der Waals surface area contributed by atoms with Gasteiger partial charge in [-0.05, 0) is 56.0 Å². The van der Waals surface area contributed by atoms with Crippen LogP contribution in [0.3, 0.4) is 0 Å². The van der Waals surface area contributed by atoms with Crippen molar-refractivity contribution in [3.8, 4) is 17.1 Å². The van der Waals surface area contributed by atoms with Crippen molar-refractivity contribution in [1.29, 1.82) is 0 Å². The van der Waals surface area contributed by atoms with E-state index >= 15 is 0 Å². The quantitative estimate of drug-likeness (QED) is 0.348. The molecule has 8 heteroatoms. The summed E-state index contributed by atoms with van der Waals surface area (Å²) in [7, 11) is 1.66. The van der Waals surface area contributed by atoms with Crippen LogP contribution in [0.1, 0.15) is 56.6 Å². The molecular weight excluding hydrogens is 463 g/mol. The molecule has 0 radical (unpaired) electrons. The average molecular weight is 495 g/mol. The lowest BCUT2D eigenvalue weighted by atomic mass is 9.95. The first-order valence-electron chi connectivity index (χ1n) is 12.4. The van der Waals surface area contributed by atoms with Gasteiger partial charge in [-0.2, -0.15) is 0 Å². The minimum atomic E-state index is -0.264. The zero-order valence-corrected chi connectivity index (χ0v) is 20.8. The zero-order chi connectivity index (χ0) is 24.2. The topological polar surface area (TPSA) is 60.3 Å². The average Bonchev–Trinajstić information content (AvgIpc) is 3.65. The number of hydrogen-bond acceptors (Lipinski definition) is 5. The number of hydrogen-bond donors (Lipinski definition) is 0. The normalized spacial score (nSPS) is 16.3. The fraction of sp³-hybridized carbons (Fsp3) is 0.444. The molecule has 0 N–H and O–H groups in total. The van der Waals surface area contributed by atoms with Gasteiger partial charge >= 0.3 is 0 Å². The molecule has 6 nitrogen and oxygen atoms in total. The summed E-state index contributed by atoms with van der Waals surface area (Å²) in [5.74, 6) is 1.65. The Labute approximate surface area is 209 Å². The standard InChI is InChI=1S/C27H31FN4O2S/c1-34-23-15-11-19(12-16-23)26-29-30-27(32(26)22-8-3-2-4-9-22)35-18-25(33)31(21-13-14-21)17-20-7-5-6-10-24(20)28/h5-7,10-12,15-16,21-22H,2-4,8-9,13-14,17-18H2,1H3. The molecule has 2 fully saturated rings. The van der Waals surface area contributed by atoms with Crippen LogP contribution in [0, 0.1) is 5.82 Å². The number of halogens is 1. The highest BCUT2D eigenvalue weighted by Crippen LogP contribution is 2.36. The number of rotatable bonds is 9. The van der Waals surface area contributed by atoms with Crippen molar-refractivity contribution in [2.75, 3.05) is 12.9 Å². The van der Waals surface area contributed by atoms with Gasteiger partial charge in [-0.3, -0.25) is 9.36 Å². The van der Waals surface area contributed by atoms with Crippen LogP contribution in [0.5, 0.6) is 5.75 Å². The highest BCUT2D eigenvalue weighted by molar-refractivity contribution is 7.99. The maximum atomic E-state index is 14.2. The molecule has 2 aliphatic carbocycles. The van der Waals surface area contributed by atoms with Crippen molar-refractivity contribution in [3.63, 3.8) is 0 Å². The Kier molecular flexibility index (Phi) is 7.37. The van der Waals surface area contributed by atoms with E-state index < -0.39 is 0 Å². The summed E-state index contributed by atoms with van der Waals surface area (Å²) in [4.78, 5) is 15.1. The van der Waals surface area contributed by atoms with Crippen LogP contribution in [0.25, 0.3) is 11.4 Å². The Morgan fingerprint density at radius 3 is 2.49 bits per heavy atom. The molecule has 0 bridgehead atoms. The van der Waals surface area contributed by atoms with E-state index in [2.05, 4.69) is 14.8 Å². The number of carbonyl (C=O) groups excluding carboxylic acids is 1. The highest BCUT2D eigenvalue weighted by Gasteiger charge is 2.33. The monoisotopic (exact) mass is 494 g/mol. The second-order valence-electron chi connectivity index (χ2n) is 9.33. The highest BCUT2D eigenvalue weighted by atomic mass is 32.2. The van der Waals surface area contributed by atoms with Gasteiger partial charge in [-0.25, -0.2) is 4.39 Å². The summed E-state index contributed by atoms with van der Waals surface area (Å²) in [6.07, 6.45) is 7.76. The molecule has 0 spiro atoms. The molecule has 2 aromatic carbocycles. The number of nitrogens with zero attached hydrogens (tertiary/aromatic N) is 4. The molecule has 35 heavy (non-hydrogen) atoms. The smallest absolute Gasteiger partial charge is 0.233 e. The van der Waals surface area contributed by atoms with Crippen molar-refractivity contribution < 1.29 is 13.9 Å². The van der Waals surface area contributed by atoms with Gasteiger partial charge in [-0.1, -0.05) is 49.2 Å². The summed E-state index contributed by atoms with van der Waals surface area (Å²) >= 11 is 1.44. The maximum absolute atomic E-state index is 14.2. The first kappa shape index (κ1) is 23.9. The van der Waals surface area contributed by atoms with Crippen molar-refractivity contribution in [2.45, 2.75) is 68.7 Å². The predicted molar refractivity (Wildman–Crippen MR) is 135 cm³/mol. The molecule has 0 unspecified atom stereocenters. The van der Waals surface area contributed by atoms with E-state index in [1.54, 1.807) is 19.2 Å². The van der Waals surface area contributed by atoms with Gasteiger partial charge < -0.3 is 9.64 Å². The SMILES string of the molecule is COc1ccc(-c2nnc(SCC(=O)N(Cc3ccccc3F)C3CC3)n2C2CCCCC2)cc1. The van der Waals surface area contributed by atoms with E-state index in [0.29, 0.717) is 18.2 Å². The van der Waals surface area contributed by atoms with Crippen LogP contribution in [0.4, 0.5) is 4.39 Å². The third-order valence-corrected chi connectivity index (χ3v) is 7.81. The lowest BCUT2D eigenvalue weighted by Crippen LogP contribution is -2.34. The van der Waals surface area contributed by atoms with E-state index in [4.69, 9.17) is 4.74 Å². The molecular formula is C27H31FN4O2S. The van der Waals surface area contributed by atoms with Gasteiger partial charge in [0.15, 0.2) is 11.0 Å². The number of aromatic nitrogens is 3. The molecule has 0 saturated heterocycles. The molecule has 3 aromatic rings. The Balaban J connectivity index is 1.35. The number of amides is 1. The van der Waals surface area contributed by atoms with Crippen LogP contribution in [-0.4, -0.2) is 44.5 Å².